The van der Waals surface area contributed by atoms with Crippen molar-refractivity contribution in [2.45, 2.75) is 44.2 Å². The molecule has 0 saturated carbocycles. The number of aromatic nitrogens is 1. The molecule has 1 atom stereocenters. The number of benzene rings is 2. The van der Waals surface area contributed by atoms with E-state index in [2.05, 4.69) is 17.2 Å². The Morgan fingerprint density at radius 1 is 1.28 bits per heavy atom. The van der Waals surface area contributed by atoms with Gasteiger partial charge in [0, 0.05) is 17.4 Å². The van der Waals surface area contributed by atoms with Crippen LogP contribution in [0.1, 0.15) is 41.8 Å². The molecule has 0 spiro atoms. The predicted octanol–water partition coefficient (Wildman–Crippen LogP) is 4.96. The Hall–Kier alpha value is -2.27. The fourth-order valence-corrected chi connectivity index (χ4v) is 3.26. The first-order valence-corrected chi connectivity index (χ1v) is 9.44. The third-order valence-electron chi connectivity index (χ3n) is 4.14. The van der Waals surface area contributed by atoms with Crippen LogP contribution in [0.15, 0.2) is 52.1 Å². The minimum Gasteiger partial charge on any atom is -0.431 e. The van der Waals surface area contributed by atoms with Gasteiger partial charge in [0.1, 0.15) is 5.52 Å². The molecule has 1 amide bonds. The van der Waals surface area contributed by atoms with Gasteiger partial charge in [-0.3, -0.25) is 4.79 Å². The van der Waals surface area contributed by atoms with E-state index in [1.807, 2.05) is 56.3 Å². The SMILES string of the molecule is CCC(C)NC(=O)c1cccc(CSc2nc3c(C)cccc3o2)c1. The molecule has 0 aliphatic carbocycles. The van der Waals surface area contributed by atoms with Crippen molar-refractivity contribution in [1.29, 1.82) is 0 Å². The number of nitrogens with zero attached hydrogens (tertiary/aromatic N) is 1. The van der Waals surface area contributed by atoms with E-state index in [-0.39, 0.29) is 11.9 Å². The summed E-state index contributed by atoms with van der Waals surface area (Å²) in [6.07, 6.45) is 0.915. The van der Waals surface area contributed by atoms with Crippen LogP contribution in [-0.4, -0.2) is 16.9 Å². The summed E-state index contributed by atoms with van der Waals surface area (Å²) in [5.74, 6) is 0.676. The van der Waals surface area contributed by atoms with Crippen molar-refractivity contribution in [2.24, 2.45) is 0 Å². The first kappa shape index (κ1) is 17.5. The number of carbonyl (C=O) groups is 1. The van der Waals surface area contributed by atoms with Gasteiger partial charge < -0.3 is 9.73 Å². The van der Waals surface area contributed by atoms with E-state index in [1.165, 1.54) is 11.8 Å². The summed E-state index contributed by atoms with van der Waals surface area (Å²) in [5.41, 5.74) is 4.58. The van der Waals surface area contributed by atoms with Crippen LogP contribution in [0.25, 0.3) is 11.1 Å². The molecule has 3 rings (SSSR count). The smallest absolute Gasteiger partial charge is 0.257 e. The fraction of sp³-hybridized carbons (Fsp3) is 0.300. The van der Waals surface area contributed by atoms with Gasteiger partial charge in [0.25, 0.3) is 11.1 Å². The Kier molecular flexibility index (Phi) is 5.43. The average Bonchev–Trinajstić information content (AvgIpc) is 3.04. The van der Waals surface area contributed by atoms with E-state index in [0.717, 1.165) is 28.6 Å². The molecule has 130 valence electrons. The molecule has 0 fully saturated rings. The molecule has 5 heteroatoms. The Bertz CT molecular complexity index is 888. The number of para-hydroxylation sites is 1. The Labute approximate surface area is 152 Å². The number of thioether (sulfide) groups is 1. The largest absolute Gasteiger partial charge is 0.431 e. The number of aryl methyl sites for hydroxylation is 1. The van der Waals surface area contributed by atoms with Gasteiger partial charge in [0.15, 0.2) is 5.58 Å². The standard InChI is InChI=1S/C20H22N2O2S/c1-4-14(3)21-19(23)16-9-6-8-15(11-16)12-25-20-22-18-13(2)7-5-10-17(18)24-20/h5-11,14H,4,12H2,1-3H3,(H,21,23). The van der Waals surface area contributed by atoms with Crippen molar-refractivity contribution in [1.82, 2.24) is 10.3 Å². The number of fused-ring (bicyclic) bond motifs is 1. The lowest BCUT2D eigenvalue weighted by Crippen LogP contribution is -2.31. The van der Waals surface area contributed by atoms with Crippen LogP contribution in [0.3, 0.4) is 0 Å². The quantitative estimate of drug-likeness (QED) is 0.636. The normalized spacial score (nSPS) is 12.3. The minimum absolute atomic E-state index is 0.0290. The molecule has 0 saturated heterocycles. The van der Waals surface area contributed by atoms with Gasteiger partial charge in [-0.05, 0) is 49.6 Å². The van der Waals surface area contributed by atoms with Crippen molar-refractivity contribution in [3.05, 3.63) is 59.2 Å². The highest BCUT2D eigenvalue weighted by molar-refractivity contribution is 7.98. The summed E-state index contributed by atoms with van der Waals surface area (Å²) >= 11 is 1.54. The Morgan fingerprint density at radius 2 is 2.08 bits per heavy atom. The molecule has 1 unspecified atom stereocenters. The molecule has 1 heterocycles. The summed E-state index contributed by atoms with van der Waals surface area (Å²) in [5, 5.41) is 3.65. The molecule has 1 N–H and O–H groups in total. The van der Waals surface area contributed by atoms with Gasteiger partial charge in [-0.1, -0.05) is 43.0 Å². The monoisotopic (exact) mass is 354 g/mol. The third-order valence-corrected chi connectivity index (χ3v) is 5.04. The van der Waals surface area contributed by atoms with Gasteiger partial charge in [0.2, 0.25) is 0 Å². The lowest BCUT2D eigenvalue weighted by molar-refractivity contribution is 0.0939. The second-order valence-electron chi connectivity index (χ2n) is 6.17. The van der Waals surface area contributed by atoms with E-state index < -0.39 is 0 Å². The van der Waals surface area contributed by atoms with Crippen molar-refractivity contribution in [3.8, 4) is 0 Å². The maximum atomic E-state index is 12.2. The maximum absolute atomic E-state index is 12.2. The summed E-state index contributed by atoms with van der Waals surface area (Å²) < 4.78 is 5.79. The lowest BCUT2D eigenvalue weighted by Gasteiger charge is -2.11. The van der Waals surface area contributed by atoms with Crippen LogP contribution in [-0.2, 0) is 5.75 Å². The minimum atomic E-state index is -0.0290. The van der Waals surface area contributed by atoms with Gasteiger partial charge in [-0.25, -0.2) is 4.98 Å². The third kappa shape index (κ3) is 4.23. The van der Waals surface area contributed by atoms with E-state index in [9.17, 15) is 4.79 Å². The van der Waals surface area contributed by atoms with Crippen LogP contribution < -0.4 is 5.32 Å². The average molecular weight is 354 g/mol. The van der Waals surface area contributed by atoms with Crippen LogP contribution in [0, 0.1) is 6.92 Å². The number of hydrogen-bond donors (Lipinski definition) is 1. The van der Waals surface area contributed by atoms with E-state index in [1.54, 1.807) is 0 Å². The van der Waals surface area contributed by atoms with Gasteiger partial charge >= 0.3 is 0 Å². The van der Waals surface area contributed by atoms with Crippen LogP contribution in [0.5, 0.6) is 0 Å². The van der Waals surface area contributed by atoms with Crippen molar-refractivity contribution < 1.29 is 9.21 Å². The molecule has 1 aromatic heterocycles. The molecule has 0 radical (unpaired) electrons. The Morgan fingerprint density at radius 3 is 2.84 bits per heavy atom. The zero-order valence-electron chi connectivity index (χ0n) is 14.7. The highest BCUT2D eigenvalue weighted by atomic mass is 32.2. The molecule has 2 aromatic carbocycles. The van der Waals surface area contributed by atoms with Gasteiger partial charge in [-0.15, -0.1) is 0 Å². The topological polar surface area (TPSA) is 55.1 Å². The second-order valence-corrected chi connectivity index (χ2v) is 7.10. The number of carbonyl (C=O) groups excluding carboxylic acids is 1. The van der Waals surface area contributed by atoms with Gasteiger partial charge in [-0.2, -0.15) is 0 Å². The number of rotatable bonds is 6. The summed E-state index contributed by atoms with van der Waals surface area (Å²) in [6.45, 7) is 6.09. The zero-order valence-corrected chi connectivity index (χ0v) is 15.5. The number of hydrogen-bond acceptors (Lipinski definition) is 4. The Balaban J connectivity index is 1.69. The van der Waals surface area contributed by atoms with Crippen LogP contribution in [0.4, 0.5) is 0 Å². The first-order chi connectivity index (χ1) is 12.1. The van der Waals surface area contributed by atoms with Gasteiger partial charge in [0.05, 0.1) is 0 Å². The van der Waals surface area contributed by atoms with E-state index in [0.29, 0.717) is 16.5 Å². The molecule has 0 aliphatic heterocycles. The second kappa shape index (κ2) is 7.74. The highest BCUT2D eigenvalue weighted by Crippen LogP contribution is 2.27. The summed E-state index contributed by atoms with van der Waals surface area (Å²) in [7, 11) is 0. The molecule has 4 nitrogen and oxygen atoms in total. The molecular weight excluding hydrogens is 332 g/mol. The first-order valence-electron chi connectivity index (χ1n) is 8.45. The highest BCUT2D eigenvalue weighted by Gasteiger charge is 2.11. The van der Waals surface area contributed by atoms with Crippen molar-refractivity contribution in [2.75, 3.05) is 0 Å². The number of amides is 1. The van der Waals surface area contributed by atoms with Crippen molar-refractivity contribution >= 4 is 28.8 Å². The molecular formula is C20H22N2O2S. The zero-order chi connectivity index (χ0) is 17.8. The molecule has 0 bridgehead atoms. The summed E-state index contributed by atoms with van der Waals surface area (Å²) in [4.78, 5) is 16.8. The van der Waals surface area contributed by atoms with Crippen LogP contribution >= 0.6 is 11.8 Å². The van der Waals surface area contributed by atoms with E-state index in [4.69, 9.17) is 4.42 Å². The molecule has 0 aliphatic rings. The fourth-order valence-electron chi connectivity index (χ4n) is 2.48. The number of nitrogens with one attached hydrogen (secondary N) is 1. The molecule has 25 heavy (non-hydrogen) atoms. The van der Waals surface area contributed by atoms with Crippen molar-refractivity contribution in [3.63, 3.8) is 0 Å². The summed E-state index contributed by atoms with van der Waals surface area (Å²) in [6, 6.07) is 13.8. The maximum Gasteiger partial charge on any atom is 0.257 e. The lowest BCUT2D eigenvalue weighted by atomic mass is 10.1. The van der Waals surface area contributed by atoms with Crippen LogP contribution in [0.2, 0.25) is 0 Å². The molecule has 3 aromatic rings. The van der Waals surface area contributed by atoms with E-state index >= 15 is 0 Å². The number of oxazole rings is 1. The predicted molar refractivity (Wildman–Crippen MR) is 102 cm³/mol.